The molecule has 2 unspecified atom stereocenters. The van der Waals surface area contributed by atoms with Crippen LogP contribution in [0.3, 0.4) is 0 Å². The SMILES string of the molecule is CNC(=O)c1cc(NC2CCN3CCCCC23)ccn1. The lowest BCUT2D eigenvalue weighted by atomic mass is 9.99. The lowest BCUT2D eigenvalue weighted by molar-refractivity contribution is 0.0958. The van der Waals surface area contributed by atoms with Crippen molar-refractivity contribution < 1.29 is 4.79 Å². The number of hydrogen-bond acceptors (Lipinski definition) is 4. The lowest BCUT2D eigenvalue weighted by Crippen LogP contribution is -2.41. The topological polar surface area (TPSA) is 57.3 Å². The molecule has 3 heterocycles. The Bertz CT molecular complexity index is 491. The van der Waals surface area contributed by atoms with Crippen molar-refractivity contribution in [1.29, 1.82) is 0 Å². The molecule has 5 heteroatoms. The van der Waals surface area contributed by atoms with Crippen molar-refractivity contribution in [3.05, 3.63) is 24.0 Å². The van der Waals surface area contributed by atoms with Crippen LogP contribution in [0.4, 0.5) is 5.69 Å². The molecule has 5 nitrogen and oxygen atoms in total. The summed E-state index contributed by atoms with van der Waals surface area (Å²) in [5, 5.41) is 6.21. The third-order valence-corrected chi connectivity index (χ3v) is 4.43. The molecule has 2 N–H and O–H groups in total. The average Bonchev–Trinajstić information content (AvgIpc) is 2.90. The molecule has 0 radical (unpaired) electrons. The van der Waals surface area contributed by atoms with E-state index in [1.54, 1.807) is 13.2 Å². The Balaban J connectivity index is 1.70. The number of carbonyl (C=O) groups is 1. The fourth-order valence-electron chi connectivity index (χ4n) is 3.40. The Morgan fingerprint density at radius 3 is 3.10 bits per heavy atom. The van der Waals surface area contributed by atoms with Crippen LogP contribution in [0.1, 0.15) is 36.2 Å². The summed E-state index contributed by atoms with van der Waals surface area (Å²) in [6.07, 6.45) is 6.83. The summed E-state index contributed by atoms with van der Waals surface area (Å²) in [5.74, 6) is -0.139. The zero-order valence-corrected chi connectivity index (χ0v) is 11.9. The summed E-state index contributed by atoms with van der Waals surface area (Å²) in [4.78, 5) is 18.3. The molecule has 108 valence electrons. The molecular formula is C15H22N4O. The molecule has 2 atom stereocenters. The molecule has 0 spiro atoms. The molecule has 3 rings (SSSR count). The second kappa shape index (κ2) is 5.79. The zero-order valence-electron chi connectivity index (χ0n) is 11.9. The Kier molecular flexibility index (Phi) is 3.87. The number of aromatic nitrogens is 1. The zero-order chi connectivity index (χ0) is 13.9. The minimum atomic E-state index is -0.139. The maximum absolute atomic E-state index is 11.6. The summed E-state index contributed by atoms with van der Waals surface area (Å²) >= 11 is 0. The summed E-state index contributed by atoms with van der Waals surface area (Å²) in [6, 6.07) is 4.93. The van der Waals surface area contributed by atoms with Crippen LogP contribution in [-0.4, -0.2) is 48.0 Å². The van der Waals surface area contributed by atoms with E-state index in [4.69, 9.17) is 0 Å². The van der Waals surface area contributed by atoms with Crippen LogP contribution in [0.25, 0.3) is 0 Å². The average molecular weight is 274 g/mol. The lowest BCUT2D eigenvalue weighted by Gasteiger charge is -2.33. The number of amides is 1. The highest BCUT2D eigenvalue weighted by Crippen LogP contribution is 2.29. The highest BCUT2D eigenvalue weighted by molar-refractivity contribution is 5.92. The van der Waals surface area contributed by atoms with Gasteiger partial charge in [0.1, 0.15) is 5.69 Å². The fourth-order valence-corrected chi connectivity index (χ4v) is 3.40. The first-order valence-electron chi connectivity index (χ1n) is 7.46. The van der Waals surface area contributed by atoms with Crippen molar-refractivity contribution in [3.63, 3.8) is 0 Å². The fraction of sp³-hybridized carbons (Fsp3) is 0.600. The largest absolute Gasteiger partial charge is 0.381 e. The predicted octanol–water partition coefficient (Wildman–Crippen LogP) is 1.48. The van der Waals surface area contributed by atoms with Gasteiger partial charge in [-0.25, -0.2) is 0 Å². The van der Waals surface area contributed by atoms with Crippen molar-refractivity contribution in [1.82, 2.24) is 15.2 Å². The van der Waals surface area contributed by atoms with Gasteiger partial charge in [0, 0.05) is 37.6 Å². The van der Waals surface area contributed by atoms with E-state index in [1.807, 2.05) is 12.1 Å². The number of nitrogens with zero attached hydrogens (tertiary/aromatic N) is 2. The molecular weight excluding hydrogens is 252 g/mol. The quantitative estimate of drug-likeness (QED) is 0.876. The normalized spacial score (nSPS) is 26.1. The standard InChI is InChI=1S/C15H22N4O/c1-16-15(20)13-10-11(5-7-17-13)18-12-6-9-19-8-3-2-4-14(12)19/h5,7,10,12,14H,2-4,6,8-9H2,1H3,(H,16,20)(H,17,18). The number of fused-ring (bicyclic) bond motifs is 1. The van der Waals surface area contributed by atoms with E-state index in [9.17, 15) is 4.79 Å². The molecule has 1 aromatic rings. The van der Waals surface area contributed by atoms with E-state index in [1.165, 1.54) is 38.8 Å². The molecule has 2 saturated heterocycles. The second-order valence-electron chi connectivity index (χ2n) is 5.65. The van der Waals surface area contributed by atoms with Crippen molar-refractivity contribution in [2.24, 2.45) is 0 Å². The number of hydrogen-bond donors (Lipinski definition) is 2. The molecule has 2 aliphatic heterocycles. The van der Waals surface area contributed by atoms with Gasteiger partial charge in [-0.1, -0.05) is 6.42 Å². The van der Waals surface area contributed by atoms with E-state index >= 15 is 0 Å². The first-order valence-corrected chi connectivity index (χ1v) is 7.46. The van der Waals surface area contributed by atoms with E-state index in [0.29, 0.717) is 17.8 Å². The summed E-state index contributed by atoms with van der Waals surface area (Å²) < 4.78 is 0. The van der Waals surface area contributed by atoms with Gasteiger partial charge in [-0.05, 0) is 37.9 Å². The van der Waals surface area contributed by atoms with Gasteiger partial charge in [0.2, 0.25) is 0 Å². The highest BCUT2D eigenvalue weighted by Gasteiger charge is 2.35. The first-order chi connectivity index (χ1) is 9.78. The molecule has 1 amide bonds. The monoisotopic (exact) mass is 274 g/mol. The molecule has 0 aliphatic carbocycles. The van der Waals surface area contributed by atoms with Crippen LogP contribution in [0.5, 0.6) is 0 Å². The van der Waals surface area contributed by atoms with Crippen molar-refractivity contribution in [2.75, 3.05) is 25.5 Å². The van der Waals surface area contributed by atoms with Crippen molar-refractivity contribution >= 4 is 11.6 Å². The van der Waals surface area contributed by atoms with Gasteiger partial charge in [0.25, 0.3) is 5.91 Å². The minimum absolute atomic E-state index is 0.139. The van der Waals surface area contributed by atoms with Gasteiger partial charge >= 0.3 is 0 Å². The third-order valence-electron chi connectivity index (χ3n) is 4.43. The molecule has 0 bridgehead atoms. The number of nitrogens with one attached hydrogen (secondary N) is 2. The van der Waals surface area contributed by atoms with Crippen LogP contribution in [0, 0.1) is 0 Å². The van der Waals surface area contributed by atoms with Gasteiger partial charge < -0.3 is 10.6 Å². The summed E-state index contributed by atoms with van der Waals surface area (Å²) in [7, 11) is 1.63. The van der Waals surface area contributed by atoms with Crippen molar-refractivity contribution in [3.8, 4) is 0 Å². The van der Waals surface area contributed by atoms with Gasteiger partial charge in [0.15, 0.2) is 0 Å². The predicted molar refractivity (Wildman–Crippen MR) is 78.9 cm³/mol. The van der Waals surface area contributed by atoms with Crippen molar-refractivity contribution in [2.45, 2.75) is 37.8 Å². The Labute approximate surface area is 119 Å². The number of carbonyl (C=O) groups excluding carboxylic acids is 1. The van der Waals surface area contributed by atoms with Gasteiger partial charge in [-0.2, -0.15) is 0 Å². The van der Waals surface area contributed by atoms with Gasteiger partial charge in [-0.3, -0.25) is 14.7 Å². The molecule has 0 saturated carbocycles. The van der Waals surface area contributed by atoms with Gasteiger partial charge in [-0.15, -0.1) is 0 Å². The van der Waals surface area contributed by atoms with Crippen LogP contribution in [0.2, 0.25) is 0 Å². The Hall–Kier alpha value is -1.62. The summed E-state index contributed by atoms with van der Waals surface area (Å²) in [6.45, 7) is 2.43. The molecule has 2 aliphatic rings. The number of rotatable bonds is 3. The Morgan fingerprint density at radius 2 is 2.25 bits per heavy atom. The maximum Gasteiger partial charge on any atom is 0.269 e. The second-order valence-corrected chi connectivity index (χ2v) is 5.65. The van der Waals surface area contributed by atoms with Crippen LogP contribution in [0.15, 0.2) is 18.3 Å². The maximum atomic E-state index is 11.6. The van der Waals surface area contributed by atoms with Crippen LogP contribution >= 0.6 is 0 Å². The smallest absolute Gasteiger partial charge is 0.269 e. The van der Waals surface area contributed by atoms with E-state index in [-0.39, 0.29) is 5.91 Å². The summed E-state index contributed by atoms with van der Waals surface area (Å²) in [5.41, 5.74) is 1.46. The van der Waals surface area contributed by atoms with Crippen LogP contribution in [-0.2, 0) is 0 Å². The number of pyridine rings is 1. The number of anilines is 1. The first kappa shape index (κ1) is 13.4. The minimum Gasteiger partial charge on any atom is -0.381 e. The van der Waals surface area contributed by atoms with E-state index < -0.39 is 0 Å². The Morgan fingerprint density at radius 1 is 1.35 bits per heavy atom. The molecule has 20 heavy (non-hydrogen) atoms. The molecule has 2 fully saturated rings. The van der Waals surface area contributed by atoms with Crippen LogP contribution < -0.4 is 10.6 Å². The van der Waals surface area contributed by atoms with Gasteiger partial charge in [0.05, 0.1) is 0 Å². The molecule has 0 aromatic carbocycles. The highest BCUT2D eigenvalue weighted by atomic mass is 16.1. The van der Waals surface area contributed by atoms with E-state index in [2.05, 4.69) is 20.5 Å². The van der Waals surface area contributed by atoms with E-state index in [0.717, 1.165) is 5.69 Å². The third kappa shape index (κ3) is 2.63. The number of piperidine rings is 1. The molecule has 1 aromatic heterocycles.